The molecule has 0 fully saturated rings. The molecule has 1 aliphatic heterocycles. The van der Waals surface area contributed by atoms with E-state index >= 15 is 0 Å². The standard InChI is InChI=1S/C12H10F2N2O.H2O/c13-4-8-2-1-7-3-9(6-17)12(15)16-11(7)10(8)5-14;/h1-3,12H,4-5,15H2;1H2. The summed E-state index contributed by atoms with van der Waals surface area (Å²) in [6.07, 6.45) is 0.640. The van der Waals surface area contributed by atoms with Crippen molar-refractivity contribution in [3.8, 4) is 0 Å². The van der Waals surface area contributed by atoms with E-state index in [0.29, 0.717) is 10.6 Å². The second-order valence-corrected chi connectivity index (χ2v) is 3.68. The summed E-state index contributed by atoms with van der Waals surface area (Å²) in [5.41, 5.74) is 6.26. The van der Waals surface area contributed by atoms with E-state index in [1.165, 1.54) is 12.1 Å². The molecule has 0 saturated heterocycles. The molecule has 0 amide bonds. The fourth-order valence-corrected chi connectivity index (χ4v) is 1.79. The molecule has 0 aromatic heterocycles. The highest BCUT2D eigenvalue weighted by atomic mass is 19.1. The van der Waals surface area contributed by atoms with Gasteiger partial charge in [0.25, 0.3) is 0 Å². The van der Waals surface area contributed by atoms with E-state index in [9.17, 15) is 13.6 Å². The van der Waals surface area contributed by atoms with E-state index < -0.39 is 19.5 Å². The maximum atomic E-state index is 12.9. The van der Waals surface area contributed by atoms with Crippen LogP contribution in [-0.2, 0) is 18.1 Å². The van der Waals surface area contributed by atoms with Gasteiger partial charge in [-0.25, -0.2) is 13.6 Å². The lowest BCUT2D eigenvalue weighted by atomic mass is 10.0. The number of carbonyl (C=O) groups excluding carboxylic acids is 1. The van der Waals surface area contributed by atoms with Gasteiger partial charge in [0.1, 0.15) is 25.5 Å². The van der Waals surface area contributed by atoms with Crippen LogP contribution in [0.2, 0.25) is 0 Å². The summed E-state index contributed by atoms with van der Waals surface area (Å²) >= 11 is 0. The third-order valence-electron chi connectivity index (χ3n) is 2.70. The average Bonchev–Trinajstić information content (AvgIpc) is 2.36. The van der Waals surface area contributed by atoms with Crippen LogP contribution in [-0.4, -0.2) is 17.6 Å². The largest absolute Gasteiger partial charge is 0.412 e. The number of alkyl halides is 2. The molecule has 4 nitrogen and oxygen atoms in total. The molecule has 4 N–H and O–H groups in total. The Kier molecular flexibility index (Phi) is 4.44. The molecular weight excluding hydrogens is 242 g/mol. The second-order valence-electron chi connectivity index (χ2n) is 3.68. The summed E-state index contributed by atoms with van der Waals surface area (Å²) in [5, 5.41) is 0.893. The van der Waals surface area contributed by atoms with Crippen molar-refractivity contribution in [2.75, 3.05) is 0 Å². The number of fused-ring (bicyclic) bond motifs is 1. The van der Waals surface area contributed by atoms with Gasteiger partial charge >= 0.3 is 0 Å². The van der Waals surface area contributed by atoms with Gasteiger partial charge in [0.05, 0.1) is 10.9 Å². The minimum atomic E-state index is -0.861. The molecule has 0 bridgehead atoms. The molecule has 1 heterocycles. The smallest absolute Gasteiger partial charge is 0.134 e. The first kappa shape index (κ1) is 14.2. The third-order valence-corrected chi connectivity index (χ3v) is 2.70. The van der Waals surface area contributed by atoms with Gasteiger partial charge in [-0.2, -0.15) is 0 Å². The maximum absolute atomic E-state index is 12.9. The Bertz CT molecular complexity index is 622. The van der Waals surface area contributed by atoms with Gasteiger partial charge in [0, 0.05) is 10.8 Å². The van der Waals surface area contributed by atoms with Crippen LogP contribution in [0.4, 0.5) is 8.78 Å². The third kappa shape index (κ3) is 2.22. The molecule has 2 rings (SSSR count). The normalized spacial score (nSPS) is 16.8. The molecule has 1 atom stereocenters. The van der Waals surface area contributed by atoms with E-state index in [1.54, 1.807) is 12.0 Å². The predicted molar refractivity (Wildman–Crippen MR) is 62.1 cm³/mol. The van der Waals surface area contributed by atoms with Crippen LogP contribution >= 0.6 is 0 Å². The molecule has 0 aliphatic carbocycles. The highest BCUT2D eigenvalue weighted by Gasteiger charge is 2.14. The van der Waals surface area contributed by atoms with Crippen molar-refractivity contribution >= 4 is 12.0 Å². The summed E-state index contributed by atoms with van der Waals surface area (Å²) in [6.45, 7) is -1.57. The zero-order valence-corrected chi connectivity index (χ0v) is 9.41. The molecule has 1 aromatic carbocycles. The predicted octanol–water partition coefficient (Wildman–Crippen LogP) is -0.743. The van der Waals surface area contributed by atoms with E-state index in [4.69, 9.17) is 5.73 Å². The van der Waals surface area contributed by atoms with Gasteiger partial charge in [0.2, 0.25) is 0 Å². The summed E-state index contributed by atoms with van der Waals surface area (Å²) < 4.78 is 25.6. The maximum Gasteiger partial charge on any atom is 0.134 e. The van der Waals surface area contributed by atoms with Crippen molar-refractivity contribution in [2.24, 2.45) is 10.7 Å². The lowest BCUT2D eigenvalue weighted by Crippen LogP contribution is -2.39. The lowest BCUT2D eigenvalue weighted by Gasteiger charge is -2.12. The molecule has 1 unspecified atom stereocenters. The minimum absolute atomic E-state index is 0. The van der Waals surface area contributed by atoms with Crippen LogP contribution in [0.15, 0.2) is 22.7 Å². The zero-order valence-electron chi connectivity index (χ0n) is 9.41. The highest BCUT2D eigenvalue weighted by molar-refractivity contribution is 5.70. The van der Waals surface area contributed by atoms with Crippen LogP contribution in [0.3, 0.4) is 0 Å². The Morgan fingerprint density at radius 1 is 1.33 bits per heavy atom. The molecule has 6 heteroatoms. The second kappa shape index (κ2) is 5.64. The van der Waals surface area contributed by atoms with Gasteiger partial charge in [-0.3, -0.25) is 4.99 Å². The van der Waals surface area contributed by atoms with Gasteiger partial charge in [-0.15, -0.1) is 0 Å². The van der Waals surface area contributed by atoms with Gasteiger partial charge in [-0.1, -0.05) is 12.1 Å². The number of rotatable bonds is 2. The topological polar surface area (TPSA) is 86.9 Å². The molecule has 1 aliphatic rings. The van der Waals surface area contributed by atoms with Crippen LogP contribution in [0.1, 0.15) is 11.1 Å². The first-order valence-electron chi connectivity index (χ1n) is 5.04. The molecular formula is C12H12F2N2O2. The summed E-state index contributed by atoms with van der Waals surface area (Å²) in [5.74, 6) is 1.69. The van der Waals surface area contributed by atoms with Crippen LogP contribution in [0.5, 0.6) is 0 Å². The Morgan fingerprint density at radius 3 is 2.61 bits per heavy atom. The Balaban J connectivity index is 0.00000162. The summed E-state index contributed by atoms with van der Waals surface area (Å²) in [6, 6.07) is 3.08. The van der Waals surface area contributed by atoms with Crippen LogP contribution in [0.25, 0.3) is 6.08 Å². The van der Waals surface area contributed by atoms with E-state index in [2.05, 4.69) is 4.99 Å². The first-order valence-corrected chi connectivity index (χ1v) is 5.04. The van der Waals surface area contributed by atoms with Crippen molar-refractivity contribution in [1.29, 1.82) is 0 Å². The minimum Gasteiger partial charge on any atom is -0.412 e. The van der Waals surface area contributed by atoms with Gasteiger partial charge in [0.15, 0.2) is 0 Å². The molecule has 0 spiro atoms. The zero-order chi connectivity index (χ0) is 12.4. The number of benzene rings is 1. The SMILES string of the molecule is NC1N=c2c(CF)c(CF)ccc2=CC1=C=O.O. The van der Waals surface area contributed by atoms with E-state index in [1.807, 2.05) is 0 Å². The van der Waals surface area contributed by atoms with Crippen molar-refractivity contribution < 1.29 is 19.1 Å². The number of hydrogen-bond acceptors (Lipinski definition) is 3. The summed E-state index contributed by atoms with van der Waals surface area (Å²) in [4.78, 5) is 14.6. The van der Waals surface area contributed by atoms with Crippen molar-refractivity contribution in [3.63, 3.8) is 0 Å². The summed E-state index contributed by atoms with van der Waals surface area (Å²) in [7, 11) is 0. The molecule has 96 valence electrons. The first-order chi connectivity index (χ1) is 8.21. The number of nitrogens with two attached hydrogens (primary N) is 1. The Labute approximate surface area is 101 Å². The van der Waals surface area contributed by atoms with Crippen molar-refractivity contribution in [3.05, 3.63) is 39.4 Å². The lowest BCUT2D eigenvalue weighted by molar-refractivity contribution is 0.451. The average molecular weight is 254 g/mol. The van der Waals surface area contributed by atoms with Crippen LogP contribution in [0, 0.1) is 0 Å². The Morgan fingerprint density at radius 2 is 2.06 bits per heavy atom. The number of hydrogen-bond donors (Lipinski definition) is 1. The van der Waals surface area contributed by atoms with Crippen LogP contribution < -0.4 is 16.3 Å². The Hall–Kier alpha value is -1.88. The fraction of sp³-hybridized carbons (Fsp3) is 0.250. The number of nitrogens with zero attached hydrogens (tertiary/aromatic N) is 1. The molecule has 1 aromatic rings. The van der Waals surface area contributed by atoms with Gasteiger partial charge in [-0.05, 0) is 11.6 Å². The quantitative estimate of drug-likeness (QED) is 0.704. The highest BCUT2D eigenvalue weighted by Crippen LogP contribution is 2.08. The molecule has 0 saturated carbocycles. The van der Waals surface area contributed by atoms with Crippen molar-refractivity contribution in [2.45, 2.75) is 19.5 Å². The van der Waals surface area contributed by atoms with Crippen molar-refractivity contribution in [1.82, 2.24) is 0 Å². The van der Waals surface area contributed by atoms with E-state index in [-0.39, 0.29) is 22.2 Å². The van der Waals surface area contributed by atoms with Gasteiger partial charge < -0.3 is 11.2 Å². The number of halogens is 2. The van der Waals surface area contributed by atoms with E-state index in [0.717, 1.165) is 0 Å². The fourth-order valence-electron chi connectivity index (χ4n) is 1.79. The monoisotopic (exact) mass is 254 g/mol. The molecule has 0 radical (unpaired) electrons. The molecule has 18 heavy (non-hydrogen) atoms.